The highest BCUT2D eigenvalue weighted by molar-refractivity contribution is 5.63. The van der Waals surface area contributed by atoms with E-state index in [0.717, 1.165) is 36.3 Å². The number of nitrogens with one attached hydrogen (secondary N) is 1. The molecule has 1 heterocycles. The van der Waals surface area contributed by atoms with Crippen LogP contribution < -0.4 is 5.32 Å². The number of aliphatic hydroxyl groups excluding tert-OH is 1. The molecular weight excluding hydrogens is 248 g/mol. The number of halogens is 2. The highest BCUT2D eigenvalue weighted by Gasteiger charge is 2.20. The lowest BCUT2D eigenvalue weighted by Gasteiger charge is -2.16. The van der Waals surface area contributed by atoms with Gasteiger partial charge in [0.05, 0.1) is 0 Å². The molecule has 0 aromatic heterocycles. The molecule has 1 aliphatic rings. The van der Waals surface area contributed by atoms with Crippen molar-refractivity contribution in [1.82, 2.24) is 0 Å². The van der Waals surface area contributed by atoms with Crippen LogP contribution in [0.25, 0.3) is 0 Å². The van der Waals surface area contributed by atoms with Crippen LogP contribution in [0.3, 0.4) is 0 Å². The standard InChI is InChI=1S/C15H13F2NO/c16-12-5-4-10(8-13(12)17)15(19)11-3-1-2-9-6-7-18-14(9)11/h1-5,8,15,18-19H,6-7H2. The van der Waals surface area contributed by atoms with E-state index in [0.29, 0.717) is 11.1 Å². The Labute approximate surface area is 109 Å². The van der Waals surface area contributed by atoms with Crippen molar-refractivity contribution < 1.29 is 13.9 Å². The van der Waals surface area contributed by atoms with E-state index in [9.17, 15) is 13.9 Å². The van der Waals surface area contributed by atoms with Gasteiger partial charge in [-0.1, -0.05) is 24.3 Å². The molecule has 1 atom stereocenters. The lowest BCUT2D eigenvalue weighted by atomic mass is 9.97. The van der Waals surface area contributed by atoms with Crippen LogP contribution in [0.4, 0.5) is 14.5 Å². The lowest BCUT2D eigenvalue weighted by molar-refractivity contribution is 0.220. The molecule has 2 N–H and O–H groups in total. The maximum absolute atomic E-state index is 13.2. The van der Waals surface area contributed by atoms with Gasteiger partial charge in [0.25, 0.3) is 0 Å². The third-order valence-corrected chi connectivity index (χ3v) is 3.43. The second-order valence-corrected chi connectivity index (χ2v) is 4.63. The number of fused-ring (bicyclic) bond motifs is 1. The number of hydrogen-bond donors (Lipinski definition) is 2. The SMILES string of the molecule is OC(c1ccc(F)c(F)c1)c1cccc2c1NCC2. The van der Waals surface area contributed by atoms with Crippen molar-refractivity contribution >= 4 is 5.69 Å². The second kappa shape index (κ2) is 4.63. The van der Waals surface area contributed by atoms with Crippen LogP contribution in [-0.4, -0.2) is 11.7 Å². The minimum absolute atomic E-state index is 0.348. The van der Waals surface area contributed by atoms with Crippen LogP contribution in [0.2, 0.25) is 0 Å². The van der Waals surface area contributed by atoms with Gasteiger partial charge in [0, 0.05) is 17.8 Å². The van der Waals surface area contributed by atoms with Gasteiger partial charge in [0.1, 0.15) is 6.10 Å². The zero-order valence-electron chi connectivity index (χ0n) is 10.2. The summed E-state index contributed by atoms with van der Waals surface area (Å²) in [6, 6.07) is 9.13. The fourth-order valence-corrected chi connectivity index (χ4v) is 2.46. The molecule has 0 saturated heterocycles. The summed E-state index contributed by atoms with van der Waals surface area (Å²) in [4.78, 5) is 0. The van der Waals surface area contributed by atoms with Crippen molar-refractivity contribution in [3.8, 4) is 0 Å². The summed E-state index contributed by atoms with van der Waals surface area (Å²) in [6.45, 7) is 0.830. The zero-order chi connectivity index (χ0) is 13.4. The van der Waals surface area contributed by atoms with Crippen molar-refractivity contribution in [2.45, 2.75) is 12.5 Å². The van der Waals surface area contributed by atoms with E-state index in [1.807, 2.05) is 12.1 Å². The van der Waals surface area contributed by atoms with Crippen molar-refractivity contribution in [2.75, 3.05) is 11.9 Å². The van der Waals surface area contributed by atoms with Crippen LogP contribution >= 0.6 is 0 Å². The van der Waals surface area contributed by atoms with E-state index in [2.05, 4.69) is 5.32 Å². The zero-order valence-corrected chi connectivity index (χ0v) is 10.2. The largest absolute Gasteiger partial charge is 0.384 e. The molecule has 0 amide bonds. The van der Waals surface area contributed by atoms with Crippen LogP contribution in [0.1, 0.15) is 22.8 Å². The van der Waals surface area contributed by atoms with Crippen molar-refractivity contribution in [3.05, 3.63) is 64.7 Å². The van der Waals surface area contributed by atoms with E-state index in [-0.39, 0.29) is 0 Å². The molecule has 1 unspecified atom stereocenters. The Kier molecular flexibility index (Phi) is 2.95. The topological polar surface area (TPSA) is 32.3 Å². The van der Waals surface area contributed by atoms with Crippen LogP contribution in [0.15, 0.2) is 36.4 Å². The molecule has 0 radical (unpaired) electrons. The maximum Gasteiger partial charge on any atom is 0.159 e. The predicted octanol–water partition coefficient (Wildman–Crippen LogP) is 3.01. The Morgan fingerprint density at radius 1 is 1.11 bits per heavy atom. The van der Waals surface area contributed by atoms with E-state index < -0.39 is 17.7 Å². The minimum atomic E-state index is -0.962. The first-order valence-corrected chi connectivity index (χ1v) is 6.15. The van der Waals surface area contributed by atoms with Gasteiger partial charge < -0.3 is 10.4 Å². The molecule has 19 heavy (non-hydrogen) atoms. The smallest absolute Gasteiger partial charge is 0.159 e. The van der Waals surface area contributed by atoms with Gasteiger partial charge in [-0.2, -0.15) is 0 Å². The molecule has 3 rings (SSSR count). The first-order chi connectivity index (χ1) is 9.16. The molecule has 0 aliphatic carbocycles. The first-order valence-electron chi connectivity index (χ1n) is 6.15. The van der Waals surface area contributed by atoms with Gasteiger partial charge in [-0.05, 0) is 29.7 Å². The Hall–Kier alpha value is -1.94. The molecule has 2 aromatic rings. The van der Waals surface area contributed by atoms with Crippen LogP contribution in [-0.2, 0) is 6.42 Å². The molecule has 0 fully saturated rings. The van der Waals surface area contributed by atoms with E-state index >= 15 is 0 Å². The molecule has 2 aromatic carbocycles. The molecule has 1 aliphatic heterocycles. The average Bonchev–Trinajstić information content (AvgIpc) is 2.89. The molecule has 0 bridgehead atoms. The number of benzene rings is 2. The molecule has 4 heteroatoms. The molecule has 98 valence electrons. The van der Waals surface area contributed by atoms with Crippen molar-refractivity contribution in [3.63, 3.8) is 0 Å². The van der Waals surface area contributed by atoms with Gasteiger partial charge in [-0.3, -0.25) is 0 Å². The Morgan fingerprint density at radius 3 is 2.74 bits per heavy atom. The van der Waals surface area contributed by atoms with Gasteiger partial charge in [0.15, 0.2) is 11.6 Å². The minimum Gasteiger partial charge on any atom is -0.384 e. The average molecular weight is 261 g/mol. The number of para-hydroxylation sites is 1. The summed E-state index contributed by atoms with van der Waals surface area (Å²) in [5.41, 5.74) is 3.08. The third-order valence-electron chi connectivity index (χ3n) is 3.43. The Bertz CT molecular complexity index is 628. The molecule has 2 nitrogen and oxygen atoms in total. The second-order valence-electron chi connectivity index (χ2n) is 4.63. The van der Waals surface area contributed by atoms with E-state index in [1.165, 1.54) is 6.07 Å². The fraction of sp³-hybridized carbons (Fsp3) is 0.200. The first kappa shape index (κ1) is 12.1. The summed E-state index contributed by atoms with van der Waals surface area (Å²) in [7, 11) is 0. The van der Waals surface area contributed by atoms with Crippen LogP contribution in [0, 0.1) is 11.6 Å². The van der Waals surface area contributed by atoms with Crippen LogP contribution in [0.5, 0.6) is 0 Å². The lowest BCUT2D eigenvalue weighted by Crippen LogP contribution is -2.04. The van der Waals surface area contributed by atoms with Crippen molar-refractivity contribution in [1.29, 1.82) is 0 Å². The van der Waals surface area contributed by atoms with Gasteiger partial charge in [-0.25, -0.2) is 8.78 Å². The van der Waals surface area contributed by atoms with Crippen molar-refractivity contribution in [2.24, 2.45) is 0 Å². The number of anilines is 1. The summed E-state index contributed by atoms with van der Waals surface area (Å²) in [6.07, 6.45) is -0.0520. The maximum atomic E-state index is 13.2. The van der Waals surface area contributed by atoms with E-state index in [4.69, 9.17) is 0 Å². The number of hydrogen-bond acceptors (Lipinski definition) is 2. The number of aliphatic hydroxyl groups is 1. The molecule has 0 saturated carbocycles. The fourth-order valence-electron chi connectivity index (χ4n) is 2.46. The van der Waals surface area contributed by atoms with Gasteiger partial charge in [-0.15, -0.1) is 0 Å². The quantitative estimate of drug-likeness (QED) is 0.871. The molecule has 0 spiro atoms. The Morgan fingerprint density at radius 2 is 1.95 bits per heavy atom. The monoisotopic (exact) mass is 261 g/mol. The van der Waals surface area contributed by atoms with E-state index in [1.54, 1.807) is 6.07 Å². The highest BCUT2D eigenvalue weighted by Crippen LogP contribution is 2.34. The number of rotatable bonds is 2. The summed E-state index contributed by atoms with van der Waals surface area (Å²) in [5.74, 6) is -1.86. The van der Waals surface area contributed by atoms with Gasteiger partial charge in [0.2, 0.25) is 0 Å². The summed E-state index contributed by atoms with van der Waals surface area (Å²) >= 11 is 0. The third kappa shape index (κ3) is 2.08. The molecular formula is C15H13F2NO. The summed E-state index contributed by atoms with van der Waals surface area (Å²) < 4.78 is 26.1. The normalized spacial score (nSPS) is 14.9. The predicted molar refractivity (Wildman–Crippen MR) is 69.1 cm³/mol. The Balaban J connectivity index is 2.02. The van der Waals surface area contributed by atoms with Gasteiger partial charge >= 0.3 is 0 Å². The summed E-state index contributed by atoms with van der Waals surface area (Å²) in [5, 5.41) is 13.6. The highest BCUT2D eigenvalue weighted by atomic mass is 19.2.